The van der Waals surface area contributed by atoms with E-state index in [0.29, 0.717) is 16.7 Å². The van der Waals surface area contributed by atoms with E-state index < -0.39 is 17.9 Å². The van der Waals surface area contributed by atoms with Crippen molar-refractivity contribution in [1.29, 1.82) is 0 Å². The van der Waals surface area contributed by atoms with E-state index in [9.17, 15) is 18.0 Å². The molecule has 2 N–H and O–H groups in total. The van der Waals surface area contributed by atoms with Crippen molar-refractivity contribution in [2.75, 3.05) is 0 Å². The number of alkyl halides is 3. The van der Waals surface area contributed by atoms with Crippen LogP contribution in [-0.4, -0.2) is 15.9 Å². The van der Waals surface area contributed by atoms with E-state index in [1.165, 1.54) is 0 Å². The number of hydrogen-bond acceptors (Lipinski definition) is 3. The molecular weight excluding hydrogens is 283 g/mol. The summed E-state index contributed by atoms with van der Waals surface area (Å²) >= 11 is 0. The highest BCUT2D eigenvalue weighted by atomic mass is 19.4. The lowest BCUT2D eigenvalue weighted by molar-refractivity contribution is -0.145. The van der Waals surface area contributed by atoms with Crippen molar-refractivity contribution in [2.24, 2.45) is 5.73 Å². The average molecular weight is 295 g/mol. The topological polar surface area (TPSA) is 68.9 Å². The molecule has 0 saturated carbocycles. The lowest BCUT2D eigenvalue weighted by atomic mass is 9.91. The van der Waals surface area contributed by atoms with E-state index in [1.807, 2.05) is 0 Å². The summed E-state index contributed by atoms with van der Waals surface area (Å²) < 4.78 is 37.3. The Bertz CT molecular complexity index is 653. The van der Waals surface area contributed by atoms with Crippen LogP contribution in [-0.2, 0) is 6.18 Å². The number of benzene rings is 1. The quantitative estimate of drug-likeness (QED) is 0.946. The molecule has 7 heteroatoms. The van der Waals surface area contributed by atoms with Gasteiger partial charge in [0, 0.05) is 23.9 Å². The predicted octanol–water partition coefficient (Wildman–Crippen LogP) is 2.75. The summed E-state index contributed by atoms with van der Waals surface area (Å²) in [5.74, 6) is -2.14. The second-order valence-electron chi connectivity index (χ2n) is 4.51. The van der Waals surface area contributed by atoms with Gasteiger partial charge >= 0.3 is 6.18 Å². The molecule has 0 fully saturated rings. The molecule has 1 atom stereocenters. The fraction of sp³-hybridized carbons (Fsp3) is 0.214. The van der Waals surface area contributed by atoms with Gasteiger partial charge in [-0.15, -0.1) is 0 Å². The molecule has 0 saturated heterocycles. The number of nitrogens with two attached hydrogens (primary N) is 1. The summed E-state index contributed by atoms with van der Waals surface area (Å²) in [6, 6.07) is 6.66. The van der Waals surface area contributed by atoms with Crippen molar-refractivity contribution in [3.05, 3.63) is 59.2 Å². The Labute approximate surface area is 118 Å². The second-order valence-corrected chi connectivity index (χ2v) is 4.51. The van der Waals surface area contributed by atoms with Crippen molar-refractivity contribution in [2.45, 2.75) is 19.0 Å². The second kappa shape index (κ2) is 5.51. The summed E-state index contributed by atoms with van der Waals surface area (Å²) in [5.41, 5.74) is 6.70. The summed E-state index contributed by atoms with van der Waals surface area (Å²) in [6.07, 6.45) is -2.36. The average Bonchev–Trinajstić information content (AvgIpc) is 2.45. The highest BCUT2D eigenvalue weighted by Gasteiger charge is 2.34. The minimum atomic E-state index is -4.58. The molecule has 4 nitrogen and oxygen atoms in total. The molecule has 1 heterocycles. The van der Waals surface area contributed by atoms with Crippen LogP contribution in [0.15, 0.2) is 36.7 Å². The van der Waals surface area contributed by atoms with Gasteiger partial charge in [-0.3, -0.25) is 4.79 Å². The maximum Gasteiger partial charge on any atom is 0.451 e. The van der Waals surface area contributed by atoms with Gasteiger partial charge in [-0.05, 0) is 17.2 Å². The summed E-state index contributed by atoms with van der Waals surface area (Å²) in [5, 5.41) is 0. The lowest BCUT2D eigenvalue weighted by Crippen LogP contribution is -2.16. The van der Waals surface area contributed by atoms with Crippen LogP contribution in [0.1, 0.15) is 40.2 Å². The minimum absolute atomic E-state index is 0.324. The van der Waals surface area contributed by atoms with Gasteiger partial charge in [-0.2, -0.15) is 13.2 Å². The normalized spacial score (nSPS) is 13.0. The molecule has 1 aromatic carbocycles. The molecule has 0 spiro atoms. The Hall–Kier alpha value is -2.44. The maximum absolute atomic E-state index is 12.4. The zero-order valence-electron chi connectivity index (χ0n) is 11.1. The zero-order valence-corrected chi connectivity index (χ0v) is 11.1. The van der Waals surface area contributed by atoms with Gasteiger partial charge in [-0.1, -0.05) is 25.1 Å². The van der Waals surface area contributed by atoms with Crippen LogP contribution < -0.4 is 5.73 Å². The maximum atomic E-state index is 12.4. The molecule has 0 aliphatic heterocycles. The van der Waals surface area contributed by atoms with E-state index in [-0.39, 0.29) is 5.92 Å². The molecule has 1 aromatic heterocycles. The first-order chi connectivity index (χ1) is 9.80. The third-order valence-electron chi connectivity index (χ3n) is 3.12. The third-order valence-corrected chi connectivity index (χ3v) is 3.12. The highest BCUT2D eigenvalue weighted by molar-refractivity contribution is 5.94. The summed E-state index contributed by atoms with van der Waals surface area (Å²) in [6.45, 7) is 1.74. The van der Waals surface area contributed by atoms with Gasteiger partial charge in [0.2, 0.25) is 11.7 Å². The first-order valence-corrected chi connectivity index (χ1v) is 6.08. The highest BCUT2D eigenvalue weighted by Crippen LogP contribution is 2.29. The molecule has 2 rings (SSSR count). The first-order valence-electron chi connectivity index (χ1n) is 6.08. The SMILES string of the molecule is C[C@@H](c1cnc(C(F)(F)F)nc1)c1ccccc1C(N)=O. The monoisotopic (exact) mass is 295 g/mol. The molecule has 0 bridgehead atoms. The van der Waals surface area contributed by atoms with E-state index >= 15 is 0 Å². The fourth-order valence-corrected chi connectivity index (χ4v) is 1.99. The molecule has 2 aromatic rings. The zero-order chi connectivity index (χ0) is 15.6. The number of primary amides is 1. The molecule has 110 valence electrons. The number of aromatic nitrogens is 2. The predicted molar refractivity (Wildman–Crippen MR) is 69.5 cm³/mol. The van der Waals surface area contributed by atoms with Crippen LogP contribution in [0, 0.1) is 0 Å². The van der Waals surface area contributed by atoms with Crippen molar-refractivity contribution in [3.8, 4) is 0 Å². The van der Waals surface area contributed by atoms with Gasteiger partial charge in [0.05, 0.1) is 0 Å². The third kappa shape index (κ3) is 3.18. The van der Waals surface area contributed by atoms with E-state index in [1.54, 1.807) is 31.2 Å². The lowest BCUT2D eigenvalue weighted by Gasteiger charge is -2.15. The number of carbonyl (C=O) groups is 1. The van der Waals surface area contributed by atoms with E-state index in [4.69, 9.17) is 5.73 Å². The number of nitrogens with zero attached hydrogens (tertiary/aromatic N) is 2. The Kier molecular flexibility index (Phi) is 3.93. The smallest absolute Gasteiger partial charge is 0.366 e. The Morgan fingerprint density at radius 2 is 1.76 bits per heavy atom. The van der Waals surface area contributed by atoms with Crippen molar-refractivity contribution < 1.29 is 18.0 Å². The Balaban J connectivity index is 2.37. The van der Waals surface area contributed by atoms with Crippen molar-refractivity contribution in [3.63, 3.8) is 0 Å². The van der Waals surface area contributed by atoms with Gasteiger partial charge in [0.15, 0.2) is 0 Å². The van der Waals surface area contributed by atoms with Crippen molar-refractivity contribution in [1.82, 2.24) is 9.97 Å². The minimum Gasteiger partial charge on any atom is -0.366 e. The summed E-state index contributed by atoms with van der Waals surface area (Å²) in [4.78, 5) is 18.0. The fourth-order valence-electron chi connectivity index (χ4n) is 1.99. The van der Waals surface area contributed by atoms with Crippen LogP contribution in [0.3, 0.4) is 0 Å². The Morgan fingerprint density at radius 3 is 2.29 bits per heavy atom. The van der Waals surface area contributed by atoms with E-state index in [2.05, 4.69) is 9.97 Å². The molecule has 1 amide bonds. The number of amides is 1. The number of carbonyl (C=O) groups excluding carboxylic acids is 1. The van der Waals surface area contributed by atoms with Gasteiger partial charge in [0.1, 0.15) is 0 Å². The van der Waals surface area contributed by atoms with Crippen LogP contribution >= 0.6 is 0 Å². The van der Waals surface area contributed by atoms with Gasteiger partial charge in [0.25, 0.3) is 0 Å². The molecule has 0 unspecified atom stereocenters. The number of halogens is 3. The van der Waals surface area contributed by atoms with Gasteiger partial charge in [-0.25, -0.2) is 9.97 Å². The molecule has 21 heavy (non-hydrogen) atoms. The molecule has 0 aliphatic carbocycles. The molecular formula is C14H12F3N3O. The van der Waals surface area contributed by atoms with Crippen molar-refractivity contribution >= 4 is 5.91 Å². The van der Waals surface area contributed by atoms with Crippen LogP contribution in [0.4, 0.5) is 13.2 Å². The summed E-state index contributed by atoms with van der Waals surface area (Å²) in [7, 11) is 0. The molecule has 0 aliphatic rings. The Morgan fingerprint density at radius 1 is 1.19 bits per heavy atom. The standard InChI is InChI=1S/C14H12F3N3O/c1-8(10-4-2-3-5-11(10)12(18)21)9-6-19-13(20-7-9)14(15,16)17/h2-8H,1H3,(H2,18,21)/t8-/m0/s1. The van der Waals surface area contributed by atoms with Crippen LogP contribution in [0.2, 0.25) is 0 Å². The van der Waals surface area contributed by atoms with E-state index in [0.717, 1.165) is 12.4 Å². The van der Waals surface area contributed by atoms with Crippen LogP contribution in [0.5, 0.6) is 0 Å². The number of hydrogen-bond donors (Lipinski definition) is 1. The first kappa shape index (κ1) is 15.0. The molecule has 0 radical (unpaired) electrons. The van der Waals surface area contributed by atoms with Crippen LogP contribution in [0.25, 0.3) is 0 Å². The van der Waals surface area contributed by atoms with Gasteiger partial charge < -0.3 is 5.73 Å². The largest absolute Gasteiger partial charge is 0.451 e. The number of rotatable bonds is 3.